The van der Waals surface area contributed by atoms with E-state index in [0.29, 0.717) is 15.8 Å². The van der Waals surface area contributed by atoms with Gasteiger partial charge in [0.15, 0.2) is 0 Å². The SMILES string of the molecule is C[C@@H](C/N=C(/NS(=O)(=O)c1ccc(Cl)cc1)N1C[C@@H](c2ccccc2)C(c2ccc(Cl)cc2)=N1)CS(N)(=O)=O. The van der Waals surface area contributed by atoms with Crippen LogP contribution in [-0.4, -0.2) is 52.4 Å². The molecule has 3 aromatic rings. The van der Waals surface area contributed by atoms with Gasteiger partial charge in [-0.1, -0.05) is 72.6 Å². The average molecular weight is 609 g/mol. The smallest absolute Gasteiger partial charge is 0.250 e. The van der Waals surface area contributed by atoms with E-state index in [0.717, 1.165) is 11.1 Å². The summed E-state index contributed by atoms with van der Waals surface area (Å²) < 4.78 is 52.3. The minimum absolute atomic E-state index is 0.00674. The number of nitrogens with one attached hydrogen (secondary N) is 1. The van der Waals surface area contributed by atoms with E-state index in [1.165, 1.54) is 29.3 Å². The van der Waals surface area contributed by atoms with E-state index in [1.54, 1.807) is 19.1 Å². The molecule has 3 aromatic carbocycles. The molecular formula is C26H27Cl2N5O4S2. The summed E-state index contributed by atoms with van der Waals surface area (Å²) >= 11 is 12.0. The minimum Gasteiger partial charge on any atom is -0.250 e. The van der Waals surface area contributed by atoms with Gasteiger partial charge in [0.1, 0.15) is 0 Å². The van der Waals surface area contributed by atoms with Gasteiger partial charge >= 0.3 is 0 Å². The standard InChI is InChI=1S/C26H27Cl2N5O4S2/c1-18(17-38(29,34)35)15-30-26(32-39(36,37)23-13-11-22(28)12-14-23)33-16-24(19-5-3-2-4-6-19)25(31-33)20-7-9-21(27)10-8-20/h2-14,18,24H,15-17H2,1H3,(H,30,32)(H2,29,34,35)/t18-,24-/m0/s1. The Morgan fingerprint density at radius 2 is 1.59 bits per heavy atom. The number of guanidine groups is 1. The third-order valence-corrected chi connectivity index (χ3v) is 8.80. The number of sulfonamides is 2. The lowest BCUT2D eigenvalue weighted by Gasteiger charge is -2.20. The number of nitrogens with zero attached hydrogens (tertiary/aromatic N) is 3. The van der Waals surface area contributed by atoms with Crippen LogP contribution in [0, 0.1) is 5.92 Å². The Kier molecular flexibility index (Phi) is 8.97. The van der Waals surface area contributed by atoms with Crippen LogP contribution in [0.4, 0.5) is 0 Å². The second-order valence-electron chi connectivity index (χ2n) is 9.20. The lowest BCUT2D eigenvalue weighted by molar-refractivity contribution is 0.458. The van der Waals surface area contributed by atoms with Gasteiger partial charge in [-0.2, -0.15) is 5.10 Å². The van der Waals surface area contributed by atoms with Crippen molar-refractivity contribution in [3.8, 4) is 0 Å². The second kappa shape index (κ2) is 12.1. The van der Waals surface area contributed by atoms with E-state index in [2.05, 4.69) is 9.71 Å². The Labute approximate surface area is 238 Å². The first-order valence-corrected chi connectivity index (χ1v) is 15.9. The molecular weight excluding hydrogens is 581 g/mol. The third kappa shape index (κ3) is 7.80. The summed E-state index contributed by atoms with van der Waals surface area (Å²) in [5, 5.41) is 12.4. The number of rotatable bonds is 8. The summed E-state index contributed by atoms with van der Waals surface area (Å²) in [5.74, 6) is -1.03. The monoisotopic (exact) mass is 607 g/mol. The number of primary sulfonamides is 1. The van der Waals surface area contributed by atoms with Crippen molar-refractivity contribution in [2.24, 2.45) is 21.2 Å². The number of halogens is 2. The lowest BCUT2D eigenvalue weighted by Crippen LogP contribution is -2.41. The zero-order chi connectivity index (χ0) is 28.2. The molecule has 0 saturated carbocycles. The first kappa shape index (κ1) is 29.0. The van der Waals surface area contributed by atoms with Gasteiger partial charge in [0.2, 0.25) is 16.0 Å². The second-order valence-corrected chi connectivity index (χ2v) is 13.4. The van der Waals surface area contributed by atoms with Crippen LogP contribution < -0.4 is 9.86 Å². The first-order valence-electron chi connectivity index (χ1n) is 11.9. The molecule has 0 bridgehead atoms. The highest BCUT2D eigenvalue weighted by atomic mass is 35.5. The van der Waals surface area contributed by atoms with Crippen LogP contribution in [0.2, 0.25) is 10.0 Å². The summed E-state index contributed by atoms with van der Waals surface area (Å²) in [6.45, 7) is 1.94. The van der Waals surface area contributed by atoms with E-state index in [-0.39, 0.29) is 35.6 Å². The van der Waals surface area contributed by atoms with E-state index >= 15 is 0 Å². The number of nitrogens with two attached hydrogens (primary N) is 1. The molecule has 206 valence electrons. The normalized spacial score (nSPS) is 17.1. The highest BCUT2D eigenvalue weighted by molar-refractivity contribution is 7.90. The van der Waals surface area contributed by atoms with Gasteiger partial charge in [-0.3, -0.25) is 4.99 Å². The highest BCUT2D eigenvalue weighted by Gasteiger charge is 2.33. The molecule has 4 rings (SSSR count). The molecule has 0 saturated heterocycles. The number of hydrogen-bond acceptors (Lipinski definition) is 6. The Morgan fingerprint density at radius 3 is 2.18 bits per heavy atom. The van der Waals surface area contributed by atoms with Gasteiger partial charge in [-0.15, -0.1) is 0 Å². The fraction of sp³-hybridized carbons (Fsp3) is 0.231. The number of benzene rings is 3. The summed E-state index contributed by atoms with van der Waals surface area (Å²) in [7, 11) is -7.82. The maximum absolute atomic E-state index is 13.3. The molecule has 0 aromatic heterocycles. The molecule has 0 aliphatic carbocycles. The van der Waals surface area contributed by atoms with Crippen molar-refractivity contribution in [1.29, 1.82) is 0 Å². The fourth-order valence-electron chi connectivity index (χ4n) is 4.11. The van der Waals surface area contributed by atoms with E-state index in [4.69, 9.17) is 33.4 Å². The van der Waals surface area contributed by atoms with Crippen molar-refractivity contribution in [3.05, 3.63) is 100 Å². The quantitative estimate of drug-likeness (QED) is 0.294. The minimum atomic E-state index is -4.08. The Morgan fingerprint density at radius 1 is 1.00 bits per heavy atom. The van der Waals surface area contributed by atoms with E-state index in [9.17, 15) is 16.8 Å². The molecule has 0 radical (unpaired) electrons. The molecule has 0 unspecified atom stereocenters. The Hall–Kier alpha value is -2.96. The maximum atomic E-state index is 13.3. The van der Waals surface area contributed by atoms with Crippen molar-refractivity contribution in [1.82, 2.24) is 9.73 Å². The fourth-order valence-corrected chi connectivity index (χ4v) is 6.29. The van der Waals surface area contributed by atoms with E-state index in [1.807, 2.05) is 42.5 Å². The highest BCUT2D eigenvalue weighted by Crippen LogP contribution is 2.30. The zero-order valence-electron chi connectivity index (χ0n) is 20.9. The average Bonchev–Trinajstić information content (AvgIpc) is 3.32. The van der Waals surface area contributed by atoms with Crippen LogP contribution in [0.25, 0.3) is 0 Å². The van der Waals surface area contributed by atoms with E-state index < -0.39 is 26.0 Å². The van der Waals surface area contributed by atoms with Crippen LogP contribution in [0.5, 0.6) is 0 Å². The number of hydrogen-bond donors (Lipinski definition) is 2. The van der Waals surface area contributed by atoms with Crippen molar-refractivity contribution in [3.63, 3.8) is 0 Å². The van der Waals surface area contributed by atoms with Gasteiger partial charge in [0, 0.05) is 22.5 Å². The summed E-state index contributed by atoms with van der Waals surface area (Å²) in [6, 6.07) is 22.6. The Bertz CT molecular complexity index is 1580. The van der Waals surface area contributed by atoms with Crippen LogP contribution in [-0.2, 0) is 20.0 Å². The first-order chi connectivity index (χ1) is 18.4. The molecule has 13 heteroatoms. The summed E-state index contributed by atoms with van der Waals surface area (Å²) in [6.07, 6.45) is 0. The number of hydrazone groups is 1. The number of aliphatic imine (C=N–C) groups is 1. The van der Waals surface area contributed by atoms with Crippen LogP contribution in [0.15, 0.2) is 93.9 Å². The summed E-state index contributed by atoms with van der Waals surface area (Å²) in [5.41, 5.74) is 2.50. The Balaban J connectivity index is 1.73. The molecule has 0 fully saturated rings. The molecule has 39 heavy (non-hydrogen) atoms. The predicted octanol–water partition coefficient (Wildman–Crippen LogP) is 4.06. The predicted molar refractivity (Wildman–Crippen MR) is 155 cm³/mol. The topological polar surface area (TPSA) is 134 Å². The van der Waals surface area contributed by atoms with Gasteiger partial charge in [-0.05, 0) is 53.4 Å². The van der Waals surface area contributed by atoms with Crippen LogP contribution >= 0.6 is 23.2 Å². The molecule has 1 heterocycles. The van der Waals surface area contributed by atoms with Crippen molar-refractivity contribution < 1.29 is 16.8 Å². The molecule has 0 spiro atoms. The van der Waals surface area contributed by atoms with Gasteiger partial charge in [0.25, 0.3) is 10.0 Å². The molecule has 2 atom stereocenters. The maximum Gasteiger partial charge on any atom is 0.264 e. The van der Waals surface area contributed by atoms with Crippen LogP contribution in [0.1, 0.15) is 24.0 Å². The van der Waals surface area contributed by atoms with Gasteiger partial charge in [0.05, 0.1) is 22.9 Å². The summed E-state index contributed by atoms with van der Waals surface area (Å²) in [4.78, 5) is 4.45. The lowest BCUT2D eigenvalue weighted by atomic mass is 9.91. The van der Waals surface area contributed by atoms with Crippen molar-refractivity contribution >= 4 is 54.9 Å². The molecule has 9 nitrogen and oxygen atoms in total. The van der Waals surface area contributed by atoms with Gasteiger partial charge in [-0.25, -0.2) is 31.7 Å². The zero-order valence-corrected chi connectivity index (χ0v) is 24.1. The van der Waals surface area contributed by atoms with Crippen molar-refractivity contribution in [2.75, 3.05) is 18.8 Å². The van der Waals surface area contributed by atoms with Gasteiger partial charge < -0.3 is 0 Å². The molecule has 1 aliphatic rings. The largest absolute Gasteiger partial charge is 0.264 e. The molecule has 1 aliphatic heterocycles. The third-order valence-electron chi connectivity index (χ3n) is 5.92. The van der Waals surface area contributed by atoms with Crippen molar-refractivity contribution in [2.45, 2.75) is 17.7 Å². The molecule has 3 N–H and O–H groups in total. The molecule has 0 amide bonds. The van der Waals surface area contributed by atoms with Crippen LogP contribution in [0.3, 0.4) is 0 Å².